The van der Waals surface area contributed by atoms with Crippen molar-refractivity contribution in [2.24, 2.45) is 0 Å². The van der Waals surface area contributed by atoms with Crippen molar-refractivity contribution in [1.82, 2.24) is 5.16 Å². The van der Waals surface area contributed by atoms with E-state index in [1.807, 2.05) is 0 Å². The lowest BCUT2D eigenvalue weighted by molar-refractivity contribution is -0.145. The molecular formula is C12H8ClF2NO4. The minimum Gasteiger partial charge on any atom is -0.478 e. The number of hydrogen-bond donors (Lipinski definition) is 1. The first-order valence-electron chi connectivity index (χ1n) is 5.38. The third kappa shape index (κ3) is 2.88. The van der Waals surface area contributed by atoms with Crippen LogP contribution in [0, 0.1) is 5.82 Å². The minimum absolute atomic E-state index is 0.189. The third-order valence-electron chi connectivity index (χ3n) is 2.42. The Morgan fingerprint density at radius 2 is 2.30 bits per heavy atom. The standard InChI is InChI=1S/C12H8ClF2NO4/c13-7-3-6(9-1-2-19-16-9)10(4-8(7)15)20-11(5-14)12(17)18/h1-4,11H,5H2,(H,17,18)/t11-/m0/s1. The molecular weight excluding hydrogens is 296 g/mol. The smallest absolute Gasteiger partial charge is 0.347 e. The van der Waals surface area contributed by atoms with Gasteiger partial charge < -0.3 is 14.4 Å². The van der Waals surface area contributed by atoms with Gasteiger partial charge in [-0.3, -0.25) is 0 Å². The second-order valence-electron chi connectivity index (χ2n) is 3.75. The number of aromatic nitrogens is 1. The molecule has 20 heavy (non-hydrogen) atoms. The van der Waals surface area contributed by atoms with E-state index in [0.29, 0.717) is 0 Å². The highest BCUT2D eigenvalue weighted by molar-refractivity contribution is 6.31. The van der Waals surface area contributed by atoms with Crippen molar-refractivity contribution in [2.75, 3.05) is 6.67 Å². The number of ether oxygens (including phenoxy) is 1. The van der Waals surface area contributed by atoms with Crippen LogP contribution in [0.15, 0.2) is 29.0 Å². The Balaban J connectivity index is 2.45. The zero-order valence-corrected chi connectivity index (χ0v) is 10.6. The second kappa shape index (κ2) is 5.87. The molecule has 0 saturated carbocycles. The zero-order valence-electron chi connectivity index (χ0n) is 9.85. The van der Waals surface area contributed by atoms with Crippen LogP contribution in [0.4, 0.5) is 8.78 Å². The first-order valence-corrected chi connectivity index (χ1v) is 5.76. The van der Waals surface area contributed by atoms with E-state index < -0.39 is 24.6 Å². The largest absolute Gasteiger partial charge is 0.478 e. The summed E-state index contributed by atoms with van der Waals surface area (Å²) in [6.45, 7) is -1.27. The van der Waals surface area contributed by atoms with Crippen LogP contribution in [0.25, 0.3) is 11.3 Å². The Morgan fingerprint density at radius 3 is 2.85 bits per heavy atom. The second-order valence-corrected chi connectivity index (χ2v) is 4.15. The molecule has 0 amide bonds. The summed E-state index contributed by atoms with van der Waals surface area (Å²) in [4.78, 5) is 10.8. The maximum absolute atomic E-state index is 13.5. The number of carboxylic acids is 1. The van der Waals surface area contributed by atoms with Gasteiger partial charge in [0.05, 0.1) is 5.02 Å². The molecule has 1 atom stereocenters. The molecule has 0 aliphatic heterocycles. The van der Waals surface area contributed by atoms with Crippen molar-refractivity contribution >= 4 is 17.6 Å². The summed E-state index contributed by atoms with van der Waals surface area (Å²) in [7, 11) is 0. The van der Waals surface area contributed by atoms with E-state index in [1.54, 1.807) is 0 Å². The van der Waals surface area contributed by atoms with Gasteiger partial charge in [-0.15, -0.1) is 0 Å². The van der Waals surface area contributed by atoms with Crippen LogP contribution < -0.4 is 4.74 Å². The molecule has 0 saturated heterocycles. The Kier molecular flexibility index (Phi) is 4.19. The number of aliphatic carboxylic acids is 1. The fraction of sp³-hybridized carbons (Fsp3) is 0.167. The van der Waals surface area contributed by atoms with Gasteiger partial charge in [0.1, 0.15) is 30.2 Å². The Morgan fingerprint density at radius 1 is 1.55 bits per heavy atom. The summed E-state index contributed by atoms with van der Waals surface area (Å²) in [6, 6.07) is 3.51. The van der Waals surface area contributed by atoms with Gasteiger partial charge in [0, 0.05) is 17.7 Å². The molecule has 2 rings (SSSR count). The molecule has 1 aromatic heterocycles. The number of nitrogens with zero attached hydrogens (tertiary/aromatic N) is 1. The summed E-state index contributed by atoms with van der Waals surface area (Å²) < 4.78 is 35.6. The van der Waals surface area contributed by atoms with Crippen molar-refractivity contribution in [3.63, 3.8) is 0 Å². The minimum atomic E-state index is -1.75. The monoisotopic (exact) mass is 303 g/mol. The average Bonchev–Trinajstić information content (AvgIpc) is 2.92. The third-order valence-corrected chi connectivity index (χ3v) is 2.71. The van der Waals surface area contributed by atoms with Crippen LogP contribution in [0.2, 0.25) is 5.02 Å². The van der Waals surface area contributed by atoms with Crippen molar-refractivity contribution in [1.29, 1.82) is 0 Å². The highest BCUT2D eigenvalue weighted by atomic mass is 35.5. The van der Waals surface area contributed by atoms with E-state index in [9.17, 15) is 13.6 Å². The average molecular weight is 304 g/mol. The van der Waals surface area contributed by atoms with Gasteiger partial charge in [0.2, 0.25) is 6.10 Å². The number of benzene rings is 1. The fourth-order valence-corrected chi connectivity index (χ4v) is 1.64. The molecule has 0 fully saturated rings. The van der Waals surface area contributed by atoms with Crippen LogP contribution in [0.3, 0.4) is 0 Å². The van der Waals surface area contributed by atoms with Gasteiger partial charge >= 0.3 is 5.97 Å². The van der Waals surface area contributed by atoms with Crippen LogP contribution in [-0.2, 0) is 4.79 Å². The number of alkyl halides is 1. The summed E-state index contributed by atoms with van der Waals surface area (Å²) in [5.41, 5.74) is 0.453. The Labute approximate surface area is 116 Å². The molecule has 8 heteroatoms. The van der Waals surface area contributed by atoms with Gasteiger partial charge in [-0.05, 0) is 6.07 Å². The highest BCUT2D eigenvalue weighted by Crippen LogP contribution is 2.34. The molecule has 2 aromatic rings. The molecule has 0 aliphatic rings. The van der Waals surface area contributed by atoms with E-state index in [0.717, 1.165) is 6.07 Å². The molecule has 5 nitrogen and oxygen atoms in total. The molecule has 106 valence electrons. The number of carboxylic acid groups (broad SMARTS) is 1. The van der Waals surface area contributed by atoms with Crippen molar-refractivity contribution < 1.29 is 27.9 Å². The van der Waals surface area contributed by atoms with Crippen LogP contribution in [-0.4, -0.2) is 29.0 Å². The first-order chi connectivity index (χ1) is 9.52. The molecule has 0 radical (unpaired) electrons. The van der Waals surface area contributed by atoms with E-state index >= 15 is 0 Å². The van der Waals surface area contributed by atoms with Crippen molar-refractivity contribution in [2.45, 2.75) is 6.10 Å². The van der Waals surface area contributed by atoms with Gasteiger partial charge in [0.15, 0.2) is 0 Å². The Hall–Kier alpha value is -2.15. The fourth-order valence-electron chi connectivity index (χ4n) is 1.48. The predicted octanol–water partition coefficient (Wildman–Crippen LogP) is 2.94. The molecule has 1 heterocycles. The summed E-state index contributed by atoms with van der Waals surface area (Å²) in [5, 5.41) is 12.2. The lowest BCUT2D eigenvalue weighted by atomic mass is 10.1. The van der Waals surface area contributed by atoms with E-state index in [-0.39, 0.29) is 22.0 Å². The van der Waals surface area contributed by atoms with Gasteiger partial charge in [-0.25, -0.2) is 13.6 Å². The van der Waals surface area contributed by atoms with Gasteiger partial charge in [0.25, 0.3) is 0 Å². The van der Waals surface area contributed by atoms with Gasteiger partial charge in [-0.1, -0.05) is 16.8 Å². The quantitative estimate of drug-likeness (QED) is 0.919. The van der Waals surface area contributed by atoms with E-state index in [2.05, 4.69) is 9.68 Å². The molecule has 0 bridgehead atoms. The maximum Gasteiger partial charge on any atom is 0.347 e. The molecule has 0 aliphatic carbocycles. The molecule has 0 spiro atoms. The normalized spacial score (nSPS) is 12.2. The summed E-state index contributed by atoms with van der Waals surface area (Å²) in [5.74, 6) is -2.52. The Bertz CT molecular complexity index is 618. The number of hydrogen-bond acceptors (Lipinski definition) is 4. The van der Waals surface area contributed by atoms with Gasteiger partial charge in [-0.2, -0.15) is 0 Å². The first kappa shape index (κ1) is 14.3. The lowest BCUT2D eigenvalue weighted by Crippen LogP contribution is -2.29. The molecule has 0 unspecified atom stereocenters. The molecule has 1 aromatic carbocycles. The highest BCUT2D eigenvalue weighted by Gasteiger charge is 2.23. The number of carbonyl (C=O) groups is 1. The number of rotatable bonds is 5. The molecule has 1 N–H and O–H groups in total. The van der Waals surface area contributed by atoms with Crippen LogP contribution in [0.5, 0.6) is 5.75 Å². The predicted molar refractivity (Wildman–Crippen MR) is 64.9 cm³/mol. The van der Waals surface area contributed by atoms with Crippen LogP contribution >= 0.6 is 11.6 Å². The summed E-state index contributed by atoms with van der Waals surface area (Å²) >= 11 is 5.66. The topological polar surface area (TPSA) is 72.6 Å². The van der Waals surface area contributed by atoms with E-state index in [1.165, 1.54) is 18.4 Å². The van der Waals surface area contributed by atoms with Crippen molar-refractivity contribution in [3.8, 4) is 17.0 Å². The lowest BCUT2D eigenvalue weighted by Gasteiger charge is -2.15. The van der Waals surface area contributed by atoms with E-state index in [4.69, 9.17) is 21.4 Å². The summed E-state index contributed by atoms with van der Waals surface area (Å²) in [6.07, 6.45) is -0.485. The van der Waals surface area contributed by atoms with Crippen LogP contribution in [0.1, 0.15) is 0 Å². The SMILES string of the molecule is O=C(O)[C@H](CF)Oc1cc(F)c(Cl)cc1-c1ccon1. The number of halogens is 3. The zero-order chi connectivity index (χ0) is 14.7. The maximum atomic E-state index is 13.5. The van der Waals surface area contributed by atoms with Crippen molar-refractivity contribution in [3.05, 3.63) is 35.3 Å².